The Morgan fingerprint density at radius 2 is 2.07 bits per heavy atom. The van der Waals surface area contributed by atoms with Crippen molar-refractivity contribution < 1.29 is 18.7 Å². The molecule has 0 fully saturated rings. The lowest BCUT2D eigenvalue weighted by Crippen LogP contribution is -2.17. The van der Waals surface area contributed by atoms with Crippen molar-refractivity contribution in [3.05, 3.63) is 52.7 Å². The number of phenolic OH excluding ortho intramolecular Hbond substituents is 1. The van der Waals surface area contributed by atoms with E-state index in [-0.39, 0.29) is 16.9 Å². The summed E-state index contributed by atoms with van der Waals surface area (Å²) in [5.41, 5.74) is 5.43. The van der Waals surface area contributed by atoms with Gasteiger partial charge in [-0.3, -0.25) is 4.79 Å². The lowest BCUT2D eigenvalue weighted by Gasteiger charge is -2.21. The van der Waals surface area contributed by atoms with Crippen LogP contribution in [0.1, 0.15) is 66.6 Å². The van der Waals surface area contributed by atoms with Crippen molar-refractivity contribution in [2.24, 2.45) is 5.10 Å². The van der Waals surface area contributed by atoms with Gasteiger partial charge in [-0.2, -0.15) is 5.10 Å². The summed E-state index contributed by atoms with van der Waals surface area (Å²) in [5, 5.41) is 16.0. The topological polar surface area (TPSA) is 88.0 Å². The van der Waals surface area contributed by atoms with Gasteiger partial charge in [-0.1, -0.05) is 20.8 Å². The van der Waals surface area contributed by atoms with E-state index in [1.165, 1.54) is 12.5 Å². The van der Waals surface area contributed by atoms with E-state index in [1.54, 1.807) is 12.1 Å². The van der Waals surface area contributed by atoms with E-state index in [0.717, 1.165) is 53.5 Å². The van der Waals surface area contributed by atoms with E-state index >= 15 is 0 Å². The van der Waals surface area contributed by atoms with Crippen LogP contribution in [0, 0.1) is 0 Å². The second-order valence-electron chi connectivity index (χ2n) is 8.20. The van der Waals surface area contributed by atoms with Crippen molar-refractivity contribution in [3.8, 4) is 5.75 Å². The average molecular weight is 380 g/mol. The minimum Gasteiger partial charge on any atom is -0.507 e. The largest absolute Gasteiger partial charge is 0.507 e. The summed E-state index contributed by atoms with van der Waals surface area (Å²) in [6.45, 7) is 6.11. The van der Waals surface area contributed by atoms with Crippen molar-refractivity contribution >= 4 is 23.1 Å². The summed E-state index contributed by atoms with van der Waals surface area (Å²) < 4.78 is 11.2. The second kappa shape index (κ2) is 6.86. The molecule has 6 nitrogen and oxygen atoms in total. The molecular weight excluding hydrogens is 356 g/mol. The molecule has 2 aromatic heterocycles. The number of hydrogen-bond acceptors (Lipinski definition) is 5. The number of carbonyl (C=O) groups excluding carboxylic acids is 1. The van der Waals surface area contributed by atoms with Crippen molar-refractivity contribution in [3.63, 3.8) is 0 Å². The molecule has 1 amide bonds. The number of carbonyl (C=O) groups is 1. The quantitative estimate of drug-likeness (QED) is 0.510. The summed E-state index contributed by atoms with van der Waals surface area (Å²) in [4.78, 5) is 12.1. The standard InChI is InChI=1S/C22H24N2O4/c1-22(2,3)15-11-18-19(13-7-4-5-8-16(13)28-18)14(20(15)25)12-23-24-21(26)17-9-6-10-27-17/h6,9-12,25H,4-5,7-8H2,1-3H3,(H,24,26)/b23-12+. The third kappa shape index (κ3) is 3.19. The molecule has 1 aliphatic rings. The van der Waals surface area contributed by atoms with Gasteiger partial charge in [0.25, 0.3) is 0 Å². The molecule has 0 bridgehead atoms. The van der Waals surface area contributed by atoms with Crippen LogP contribution in [-0.2, 0) is 18.3 Å². The normalized spacial score (nSPS) is 14.5. The predicted octanol–water partition coefficient (Wildman–Crippen LogP) is 4.67. The number of furan rings is 2. The number of nitrogens with one attached hydrogen (secondary N) is 1. The van der Waals surface area contributed by atoms with Crippen molar-refractivity contribution in [1.29, 1.82) is 0 Å². The van der Waals surface area contributed by atoms with Gasteiger partial charge < -0.3 is 13.9 Å². The summed E-state index contributed by atoms with van der Waals surface area (Å²) in [6.07, 6.45) is 6.94. The minimum atomic E-state index is -0.446. The molecule has 0 radical (unpaired) electrons. The number of hydrazone groups is 1. The molecule has 2 heterocycles. The zero-order valence-corrected chi connectivity index (χ0v) is 16.3. The zero-order valence-electron chi connectivity index (χ0n) is 16.3. The maximum atomic E-state index is 12.1. The molecule has 4 rings (SSSR count). The Kier molecular flexibility index (Phi) is 4.49. The number of phenols is 1. The fraction of sp³-hybridized carbons (Fsp3) is 0.364. The van der Waals surface area contributed by atoms with Gasteiger partial charge in [0.15, 0.2) is 5.76 Å². The second-order valence-corrected chi connectivity index (χ2v) is 8.20. The van der Waals surface area contributed by atoms with Crippen LogP contribution in [0.15, 0.2) is 38.4 Å². The van der Waals surface area contributed by atoms with Crippen LogP contribution in [0.5, 0.6) is 5.75 Å². The Labute approximate surface area is 163 Å². The highest BCUT2D eigenvalue weighted by atomic mass is 16.3. The molecule has 6 heteroatoms. The molecule has 28 heavy (non-hydrogen) atoms. The summed E-state index contributed by atoms with van der Waals surface area (Å²) >= 11 is 0. The average Bonchev–Trinajstić information content (AvgIpc) is 3.29. The van der Waals surface area contributed by atoms with E-state index in [4.69, 9.17) is 8.83 Å². The number of hydrogen-bond donors (Lipinski definition) is 2. The molecular formula is C22H24N2O4. The van der Waals surface area contributed by atoms with Gasteiger partial charge in [-0.05, 0) is 42.9 Å². The Bertz CT molecular complexity index is 1050. The summed E-state index contributed by atoms with van der Waals surface area (Å²) in [6, 6.07) is 5.13. The van der Waals surface area contributed by atoms with Gasteiger partial charge in [0.1, 0.15) is 17.1 Å². The first-order chi connectivity index (χ1) is 13.4. The monoisotopic (exact) mass is 380 g/mol. The zero-order chi connectivity index (χ0) is 19.9. The Morgan fingerprint density at radius 1 is 1.29 bits per heavy atom. The van der Waals surface area contributed by atoms with Crippen molar-refractivity contribution in [2.45, 2.75) is 51.9 Å². The molecule has 0 spiro atoms. The maximum absolute atomic E-state index is 12.1. The van der Waals surface area contributed by atoms with Gasteiger partial charge in [0, 0.05) is 28.5 Å². The number of benzene rings is 1. The van der Waals surface area contributed by atoms with E-state index < -0.39 is 5.91 Å². The molecule has 3 aromatic rings. The highest BCUT2D eigenvalue weighted by molar-refractivity contribution is 6.04. The number of aromatic hydroxyl groups is 1. The molecule has 146 valence electrons. The Balaban J connectivity index is 1.80. The van der Waals surface area contributed by atoms with E-state index in [9.17, 15) is 9.90 Å². The van der Waals surface area contributed by atoms with Crippen LogP contribution in [0.2, 0.25) is 0 Å². The number of aryl methyl sites for hydroxylation is 2. The highest BCUT2D eigenvalue weighted by Crippen LogP contribution is 2.42. The van der Waals surface area contributed by atoms with Gasteiger partial charge in [-0.25, -0.2) is 5.43 Å². The van der Waals surface area contributed by atoms with Gasteiger partial charge in [0.05, 0.1) is 12.5 Å². The van der Waals surface area contributed by atoms with Crippen LogP contribution >= 0.6 is 0 Å². The highest BCUT2D eigenvalue weighted by Gasteiger charge is 2.27. The van der Waals surface area contributed by atoms with Crippen LogP contribution in [-0.4, -0.2) is 17.2 Å². The van der Waals surface area contributed by atoms with Gasteiger partial charge in [0.2, 0.25) is 0 Å². The van der Waals surface area contributed by atoms with Crippen LogP contribution in [0.3, 0.4) is 0 Å². The molecule has 0 saturated heterocycles. The fourth-order valence-corrected chi connectivity index (χ4v) is 3.76. The molecule has 2 N–H and O–H groups in total. The molecule has 0 atom stereocenters. The molecule has 1 aliphatic carbocycles. The van der Waals surface area contributed by atoms with Crippen LogP contribution in [0.4, 0.5) is 0 Å². The lowest BCUT2D eigenvalue weighted by molar-refractivity contribution is 0.0927. The summed E-state index contributed by atoms with van der Waals surface area (Å²) in [7, 11) is 0. The number of rotatable bonds is 3. The first-order valence-corrected chi connectivity index (χ1v) is 9.54. The first-order valence-electron chi connectivity index (χ1n) is 9.54. The van der Waals surface area contributed by atoms with E-state index in [0.29, 0.717) is 5.56 Å². The van der Waals surface area contributed by atoms with E-state index in [1.807, 2.05) is 26.8 Å². The van der Waals surface area contributed by atoms with Gasteiger partial charge >= 0.3 is 5.91 Å². The molecule has 0 unspecified atom stereocenters. The number of amides is 1. The number of nitrogens with zero attached hydrogens (tertiary/aromatic N) is 1. The predicted molar refractivity (Wildman–Crippen MR) is 107 cm³/mol. The Hall–Kier alpha value is -3.02. The van der Waals surface area contributed by atoms with Crippen molar-refractivity contribution in [2.75, 3.05) is 0 Å². The lowest BCUT2D eigenvalue weighted by atomic mass is 9.83. The third-order valence-electron chi connectivity index (χ3n) is 5.17. The smallest absolute Gasteiger partial charge is 0.307 e. The SMILES string of the molecule is CC(C)(C)c1cc2oc3c(c2c(/C=N/NC(=O)c2ccco2)c1O)CCCC3. The van der Waals surface area contributed by atoms with E-state index in [2.05, 4.69) is 10.5 Å². The van der Waals surface area contributed by atoms with Crippen LogP contribution in [0.25, 0.3) is 11.0 Å². The molecule has 1 aromatic carbocycles. The van der Waals surface area contributed by atoms with Crippen LogP contribution < -0.4 is 5.43 Å². The molecule has 0 aliphatic heterocycles. The van der Waals surface area contributed by atoms with Crippen molar-refractivity contribution in [1.82, 2.24) is 5.43 Å². The minimum absolute atomic E-state index is 0.171. The first kappa shape index (κ1) is 18.3. The Morgan fingerprint density at radius 3 is 2.79 bits per heavy atom. The fourth-order valence-electron chi connectivity index (χ4n) is 3.76. The molecule has 0 saturated carbocycles. The maximum Gasteiger partial charge on any atom is 0.307 e. The summed E-state index contributed by atoms with van der Waals surface area (Å²) in [5.74, 6) is 0.889. The third-order valence-corrected chi connectivity index (χ3v) is 5.17. The number of fused-ring (bicyclic) bond motifs is 3. The van der Waals surface area contributed by atoms with Gasteiger partial charge in [-0.15, -0.1) is 0 Å².